The molecule has 4 aromatic rings. The molecule has 11 heteroatoms. The Morgan fingerprint density at radius 3 is 2.21 bits per heavy atom. The first-order valence-corrected chi connectivity index (χ1v) is 15.6. The Balaban J connectivity index is 1.38. The summed E-state index contributed by atoms with van der Waals surface area (Å²) in [5, 5.41) is 11.0. The van der Waals surface area contributed by atoms with E-state index in [4.69, 9.17) is 32.8 Å². The molecular formula is C37H41NO10. The lowest BCUT2D eigenvalue weighted by molar-refractivity contribution is -0.140. The Labute approximate surface area is 279 Å². The monoisotopic (exact) mass is 659 g/mol. The van der Waals surface area contributed by atoms with Gasteiger partial charge in [-0.3, -0.25) is 14.5 Å². The fourth-order valence-electron chi connectivity index (χ4n) is 5.87. The first kappa shape index (κ1) is 34.2. The molecule has 11 nitrogen and oxygen atoms in total. The summed E-state index contributed by atoms with van der Waals surface area (Å²) in [5.74, 6) is 1.43. The Morgan fingerprint density at radius 2 is 1.54 bits per heavy atom. The van der Waals surface area contributed by atoms with E-state index < -0.39 is 23.1 Å². The predicted octanol–water partition coefficient (Wildman–Crippen LogP) is 5.25. The number of esters is 1. The van der Waals surface area contributed by atoms with Gasteiger partial charge in [0, 0.05) is 25.6 Å². The van der Waals surface area contributed by atoms with Crippen molar-refractivity contribution >= 4 is 5.97 Å². The van der Waals surface area contributed by atoms with E-state index in [1.165, 1.54) is 20.3 Å². The van der Waals surface area contributed by atoms with Crippen LogP contribution in [0.15, 0.2) is 69.9 Å². The molecule has 0 aliphatic carbocycles. The molecule has 0 radical (unpaired) electrons. The SMILES string of the molecule is COC(=O)C[C@@H](c1ccc(OCCc2ccc(OC)cc2)c(OC)c1)c1oc(CN2CCc3cc(OC)c(OC)cc3C2)cc(=O)c1O. The molecule has 3 aromatic carbocycles. The Kier molecular flexibility index (Phi) is 11.1. The van der Waals surface area contributed by atoms with Crippen LogP contribution >= 0.6 is 0 Å². The number of carbonyl (C=O) groups is 1. The second-order valence-electron chi connectivity index (χ2n) is 11.4. The second-order valence-corrected chi connectivity index (χ2v) is 11.4. The number of nitrogens with zero attached hydrogens (tertiary/aromatic N) is 1. The first-order valence-electron chi connectivity index (χ1n) is 15.6. The molecule has 0 unspecified atom stereocenters. The largest absolute Gasteiger partial charge is 0.502 e. The van der Waals surface area contributed by atoms with Gasteiger partial charge in [0.15, 0.2) is 28.8 Å². The van der Waals surface area contributed by atoms with Crippen LogP contribution in [0.3, 0.4) is 0 Å². The highest BCUT2D eigenvalue weighted by atomic mass is 16.5. The summed E-state index contributed by atoms with van der Waals surface area (Å²) < 4.78 is 39.0. The number of benzene rings is 3. The average molecular weight is 660 g/mol. The van der Waals surface area contributed by atoms with Crippen LogP contribution in [0.2, 0.25) is 0 Å². The van der Waals surface area contributed by atoms with Gasteiger partial charge in [0.1, 0.15) is 11.5 Å². The van der Waals surface area contributed by atoms with Crippen LogP contribution in [0, 0.1) is 0 Å². The molecule has 48 heavy (non-hydrogen) atoms. The zero-order chi connectivity index (χ0) is 34.2. The van der Waals surface area contributed by atoms with Crippen molar-refractivity contribution in [2.75, 3.05) is 48.7 Å². The van der Waals surface area contributed by atoms with Crippen molar-refractivity contribution in [2.24, 2.45) is 0 Å². The van der Waals surface area contributed by atoms with Gasteiger partial charge in [-0.2, -0.15) is 0 Å². The Bertz CT molecular complexity index is 1780. The molecule has 0 bridgehead atoms. The van der Waals surface area contributed by atoms with E-state index in [1.54, 1.807) is 39.5 Å². The number of carbonyl (C=O) groups excluding carboxylic acids is 1. The summed E-state index contributed by atoms with van der Waals surface area (Å²) in [6, 6.07) is 18.2. The number of fused-ring (bicyclic) bond motifs is 1. The maximum absolute atomic E-state index is 13.1. The third kappa shape index (κ3) is 7.86. The van der Waals surface area contributed by atoms with Crippen molar-refractivity contribution in [2.45, 2.75) is 38.3 Å². The maximum atomic E-state index is 13.1. The molecule has 1 aliphatic heterocycles. The Hall–Kier alpha value is -5.16. The molecule has 1 N–H and O–H groups in total. The number of aromatic hydroxyl groups is 1. The lowest BCUT2D eigenvalue weighted by atomic mass is 9.91. The minimum atomic E-state index is -0.842. The summed E-state index contributed by atoms with van der Waals surface area (Å²) in [5.41, 5.74) is 3.31. The standard InChI is InChI=1S/C37H41NO10/c1-42-27-9-6-23(7-10-27)13-15-47-31-11-8-25(17-32(31)43-2)29(20-35(40)46-5)37-36(41)30(39)19-28(48-37)22-38-14-12-24-16-33(44-3)34(45-4)18-26(24)21-38/h6-11,16-19,29,41H,12-15,20-22H2,1-5H3/t29-/m0/s1. The normalized spacial score (nSPS) is 13.3. The molecule has 0 saturated carbocycles. The summed E-state index contributed by atoms with van der Waals surface area (Å²) >= 11 is 0. The number of methoxy groups -OCH3 is 5. The number of rotatable bonds is 14. The van der Waals surface area contributed by atoms with Gasteiger partial charge in [0.05, 0.1) is 61.0 Å². The van der Waals surface area contributed by atoms with Gasteiger partial charge >= 0.3 is 5.97 Å². The van der Waals surface area contributed by atoms with Gasteiger partial charge in [-0.05, 0) is 65.1 Å². The molecule has 1 atom stereocenters. The average Bonchev–Trinajstić information content (AvgIpc) is 3.11. The molecular weight excluding hydrogens is 618 g/mol. The van der Waals surface area contributed by atoms with E-state index in [-0.39, 0.29) is 12.2 Å². The molecule has 0 spiro atoms. The highest BCUT2D eigenvalue weighted by Crippen LogP contribution is 2.39. The fraction of sp³-hybridized carbons (Fsp3) is 0.351. The minimum Gasteiger partial charge on any atom is -0.502 e. The summed E-state index contributed by atoms with van der Waals surface area (Å²) in [6.07, 6.45) is 1.25. The highest BCUT2D eigenvalue weighted by molar-refractivity contribution is 5.71. The van der Waals surface area contributed by atoms with E-state index in [0.29, 0.717) is 67.0 Å². The van der Waals surface area contributed by atoms with Crippen molar-refractivity contribution in [3.8, 4) is 34.5 Å². The molecule has 0 saturated heterocycles. The molecule has 5 rings (SSSR count). The van der Waals surface area contributed by atoms with Crippen LogP contribution in [-0.4, -0.2) is 64.7 Å². The van der Waals surface area contributed by atoms with Crippen LogP contribution in [0.25, 0.3) is 0 Å². The zero-order valence-electron chi connectivity index (χ0n) is 27.9. The lowest BCUT2D eigenvalue weighted by Crippen LogP contribution is -2.30. The molecule has 2 heterocycles. The van der Waals surface area contributed by atoms with Crippen LogP contribution < -0.4 is 29.1 Å². The van der Waals surface area contributed by atoms with E-state index >= 15 is 0 Å². The quantitative estimate of drug-likeness (QED) is 0.178. The Morgan fingerprint density at radius 1 is 0.854 bits per heavy atom. The second kappa shape index (κ2) is 15.6. The number of hydrogen-bond donors (Lipinski definition) is 1. The van der Waals surface area contributed by atoms with E-state index in [1.807, 2.05) is 36.4 Å². The molecule has 0 amide bonds. The minimum absolute atomic E-state index is 0.0260. The molecule has 1 aliphatic rings. The third-order valence-corrected chi connectivity index (χ3v) is 8.49. The first-order chi connectivity index (χ1) is 23.3. The fourth-order valence-corrected chi connectivity index (χ4v) is 5.87. The van der Waals surface area contributed by atoms with E-state index in [0.717, 1.165) is 28.9 Å². The van der Waals surface area contributed by atoms with Crippen molar-refractivity contribution in [1.82, 2.24) is 4.90 Å². The van der Waals surface area contributed by atoms with E-state index in [9.17, 15) is 14.7 Å². The van der Waals surface area contributed by atoms with Crippen LogP contribution in [0.5, 0.6) is 34.5 Å². The molecule has 0 fully saturated rings. The zero-order valence-corrected chi connectivity index (χ0v) is 27.9. The number of ether oxygens (including phenoxy) is 6. The van der Waals surface area contributed by atoms with Crippen LogP contribution in [0.4, 0.5) is 0 Å². The van der Waals surface area contributed by atoms with Gasteiger partial charge in [0.25, 0.3) is 0 Å². The summed E-state index contributed by atoms with van der Waals surface area (Å²) in [4.78, 5) is 27.8. The number of hydrogen-bond acceptors (Lipinski definition) is 11. The van der Waals surface area contributed by atoms with Gasteiger partial charge in [-0.1, -0.05) is 18.2 Å². The molecule has 1 aromatic heterocycles. The maximum Gasteiger partial charge on any atom is 0.306 e. The van der Waals surface area contributed by atoms with Crippen LogP contribution in [-0.2, 0) is 35.5 Å². The lowest BCUT2D eigenvalue weighted by Gasteiger charge is -2.29. The van der Waals surface area contributed by atoms with Crippen molar-refractivity contribution in [3.05, 3.63) is 105 Å². The highest BCUT2D eigenvalue weighted by Gasteiger charge is 2.28. The van der Waals surface area contributed by atoms with Gasteiger partial charge in [0.2, 0.25) is 11.2 Å². The van der Waals surface area contributed by atoms with Crippen molar-refractivity contribution in [1.29, 1.82) is 0 Å². The smallest absolute Gasteiger partial charge is 0.306 e. The molecule has 254 valence electrons. The van der Waals surface area contributed by atoms with Gasteiger partial charge in [-0.25, -0.2) is 0 Å². The third-order valence-electron chi connectivity index (χ3n) is 8.49. The van der Waals surface area contributed by atoms with Gasteiger partial charge in [-0.15, -0.1) is 0 Å². The van der Waals surface area contributed by atoms with E-state index in [2.05, 4.69) is 4.90 Å². The van der Waals surface area contributed by atoms with Gasteiger partial charge < -0.3 is 37.9 Å². The summed E-state index contributed by atoms with van der Waals surface area (Å²) in [7, 11) is 7.64. The topological polar surface area (TPSA) is 126 Å². The van der Waals surface area contributed by atoms with Crippen LogP contribution in [0.1, 0.15) is 46.1 Å². The summed E-state index contributed by atoms with van der Waals surface area (Å²) in [6.45, 7) is 2.02. The van der Waals surface area contributed by atoms with Crippen molar-refractivity contribution in [3.63, 3.8) is 0 Å². The van der Waals surface area contributed by atoms with Crippen molar-refractivity contribution < 1.29 is 42.7 Å². The predicted molar refractivity (Wildman–Crippen MR) is 178 cm³/mol.